The lowest BCUT2D eigenvalue weighted by Gasteiger charge is -2.12. The molecule has 1 aromatic carbocycles. The zero-order chi connectivity index (χ0) is 12.1. The predicted octanol–water partition coefficient (Wildman–Crippen LogP) is 2.82. The third-order valence-corrected chi connectivity index (χ3v) is 2.23. The number of methoxy groups -OCH3 is 1. The SMILES string of the molecule is CCc1ccc(OC)c(C(=O)OC(C)C)c1. The molecule has 0 aliphatic carbocycles. The Hall–Kier alpha value is -1.51. The van der Waals surface area contributed by atoms with Crippen LogP contribution in [0.2, 0.25) is 0 Å². The van der Waals surface area contributed by atoms with E-state index in [-0.39, 0.29) is 12.1 Å². The van der Waals surface area contributed by atoms with Gasteiger partial charge in [-0.2, -0.15) is 0 Å². The van der Waals surface area contributed by atoms with Gasteiger partial charge in [-0.3, -0.25) is 0 Å². The Bertz CT molecular complexity index is 369. The van der Waals surface area contributed by atoms with E-state index in [0.717, 1.165) is 12.0 Å². The summed E-state index contributed by atoms with van der Waals surface area (Å²) in [4.78, 5) is 11.8. The molecule has 0 aromatic heterocycles. The number of ether oxygens (including phenoxy) is 2. The summed E-state index contributed by atoms with van der Waals surface area (Å²) in [6.45, 7) is 5.70. The van der Waals surface area contributed by atoms with E-state index in [1.165, 1.54) is 0 Å². The van der Waals surface area contributed by atoms with Gasteiger partial charge in [0.05, 0.1) is 13.2 Å². The molecular formula is C13H18O3. The van der Waals surface area contributed by atoms with Crippen LogP contribution in [0.1, 0.15) is 36.7 Å². The molecule has 0 aliphatic rings. The Morgan fingerprint density at radius 2 is 2.06 bits per heavy atom. The summed E-state index contributed by atoms with van der Waals surface area (Å²) in [6, 6.07) is 5.57. The van der Waals surface area contributed by atoms with Gasteiger partial charge in [-0.05, 0) is 38.0 Å². The average Bonchev–Trinajstić information content (AvgIpc) is 2.27. The highest BCUT2D eigenvalue weighted by Crippen LogP contribution is 2.21. The van der Waals surface area contributed by atoms with E-state index in [4.69, 9.17) is 9.47 Å². The van der Waals surface area contributed by atoms with E-state index in [1.54, 1.807) is 13.2 Å². The minimum Gasteiger partial charge on any atom is -0.496 e. The molecule has 0 amide bonds. The summed E-state index contributed by atoms with van der Waals surface area (Å²) in [7, 11) is 1.55. The molecule has 0 unspecified atom stereocenters. The van der Waals surface area contributed by atoms with Crippen LogP contribution in [0.5, 0.6) is 5.75 Å². The van der Waals surface area contributed by atoms with Crippen LogP contribution in [0.4, 0.5) is 0 Å². The zero-order valence-corrected chi connectivity index (χ0v) is 10.2. The summed E-state index contributed by atoms with van der Waals surface area (Å²) < 4.78 is 10.3. The number of carbonyl (C=O) groups excluding carboxylic acids is 1. The summed E-state index contributed by atoms with van der Waals surface area (Å²) >= 11 is 0. The van der Waals surface area contributed by atoms with Gasteiger partial charge in [0, 0.05) is 0 Å². The molecule has 0 saturated heterocycles. The van der Waals surface area contributed by atoms with Gasteiger partial charge in [0.15, 0.2) is 0 Å². The summed E-state index contributed by atoms with van der Waals surface area (Å²) in [5, 5.41) is 0. The topological polar surface area (TPSA) is 35.5 Å². The second-order valence-corrected chi connectivity index (χ2v) is 3.84. The molecular weight excluding hydrogens is 204 g/mol. The average molecular weight is 222 g/mol. The van der Waals surface area contributed by atoms with E-state index in [1.807, 2.05) is 32.9 Å². The highest BCUT2D eigenvalue weighted by Gasteiger charge is 2.15. The number of hydrogen-bond donors (Lipinski definition) is 0. The fourth-order valence-electron chi connectivity index (χ4n) is 1.41. The highest BCUT2D eigenvalue weighted by atomic mass is 16.5. The highest BCUT2D eigenvalue weighted by molar-refractivity contribution is 5.92. The third kappa shape index (κ3) is 2.99. The van der Waals surface area contributed by atoms with Gasteiger partial charge in [0.1, 0.15) is 11.3 Å². The van der Waals surface area contributed by atoms with Gasteiger partial charge in [0.2, 0.25) is 0 Å². The maximum Gasteiger partial charge on any atom is 0.342 e. The number of benzene rings is 1. The fraction of sp³-hybridized carbons (Fsp3) is 0.462. The second-order valence-electron chi connectivity index (χ2n) is 3.84. The van der Waals surface area contributed by atoms with E-state index < -0.39 is 0 Å². The van der Waals surface area contributed by atoms with Crippen LogP contribution in [0, 0.1) is 0 Å². The van der Waals surface area contributed by atoms with Crippen molar-refractivity contribution < 1.29 is 14.3 Å². The fourth-order valence-corrected chi connectivity index (χ4v) is 1.41. The Labute approximate surface area is 96.4 Å². The van der Waals surface area contributed by atoms with Crippen LogP contribution in [0.25, 0.3) is 0 Å². The van der Waals surface area contributed by atoms with Crippen molar-refractivity contribution in [2.45, 2.75) is 33.3 Å². The van der Waals surface area contributed by atoms with Crippen molar-refractivity contribution in [3.63, 3.8) is 0 Å². The Balaban J connectivity index is 3.03. The molecule has 0 atom stereocenters. The lowest BCUT2D eigenvalue weighted by molar-refractivity contribution is 0.0374. The summed E-state index contributed by atoms with van der Waals surface area (Å²) in [5.41, 5.74) is 1.59. The third-order valence-electron chi connectivity index (χ3n) is 2.23. The number of carbonyl (C=O) groups is 1. The lowest BCUT2D eigenvalue weighted by Crippen LogP contribution is -2.13. The lowest BCUT2D eigenvalue weighted by atomic mass is 10.1. The van der Waals surface area contributed by atoms with Gasteiger partial charge in [0.25, 0.3) is 0 Å². The summed E-state index contributed by atoms with van der Waals surface area (Å²) in [6.07, 6.45) is 0.758. The van der Waals surface area contributed by atoms with Crippen molar-refractivity contribution in [3.8, 4) is 5.75 Å². The Kier molecular flexibility index (Phi) is 4.35. The molecule has 3 nitrogen and oxygen atoms in total. The standard InChI is InChI=1S/C13H18O3/c1-5-10-6-7-12(15-4)11(8-10)13(14)16-9(2)3/h6-9H,5H2,1-4H3. The maximum atomic E-state index is 11.8. The Morgan fingerprint density at radius 3 is 2.56 bits per heavy atom. The van der Waals surface area contributed by atoms with E-state index in [2.05, 4.69) is 0 Å². The molecule has 16 heavy (non-hydrogen) atoms. The summed E-state index contributed by atoms with van der Waals surface area (Å²) in [5.74, 6) is 0.227. The molecule has 0 bridgehead atoms. The number of rotatable bonds is 4. The first kappa shape index (κ1) is 12.6. The minimum absolute atomic E-state index is 0.123. The van der Waals surface area contributed by atoms with Gasteiger partial charge in [-0.1, -0.05) is 13.0 Å². The van der Waals surface area contributed by atoms with Crippen LogP contribution < -0.4 is 4.74 Å². The quantitative estimate of drug-likeness (QED) is 0.735. The molecule has 0 radical (unpaired) electrons. The molecule has 1 rings (SSSR count). The van der Waals surface area contributed by atoms with Crippen LogP contribution in [0.3, 0.4) is 0 Å². The van der Waals surface area contributed by atoms with Gasteiger partial charge < -0.3 is 9.47 Å². The molecule has 3 heteroatoms. The molecule has 0 fully saturated rings. The van der Waals surface area contributed by atoms with Crippen LogP contribution in [-0.2, 0) is 11.2 Å². The first-order valence-electron chi connectivity index (χ1n) is 5.46. The first-order valence-corrected chi connectivity index (χ1v) is 5.46. The molecule has 0 aliphatic heterocycles. The van der Waals surface area contributed by atoms with Crippen molar-refractivity contribution in [2.24, 2.45) is 0 Å². The van der Waals surface area contributed by atoms with Gasteiger partial charge >= 0.3 is 5.97 Å². The molecule has 0 saturated carbocycles. The maximum absolute atomic E-state index is 11.8. The van der Waals surface area contributed by atoms with E-state index >= 15 is 0 Å². The molecule has 0 heterocycles. The first-order chi connectivity index (χ1) is 7.58. The van der Waals surface area contributed by atoms with E-state index in [9.17, 15) is 4.79 Å². The molecule has 0 spiro atoms. The minimum atomic E-state index is -0.331. The zero-order valence-electron chi connectivity index (χ0n) is 10.2. The molecule has 88 valence electrons. The van der Waals surface area contributed by atoms with Crippen molar-refractivity contribution in [1.29, 1.82) is 0 Å². The Morgan fingerprint density at radius 1 is 1.38 bits per heavy atom. The largest absolute Gasteiger partial charge is 0.496 e. The number of aryl methyl sites for hydroxylation is 1. The van der Waals surface area contributed by atoms with Crippen molar-refractivity contribution in [3.05, 3.63) is 29.3 Å². The van der Waals surface area contributed by atoms with Crippen LogP contribution >= 0.6 is 0 Å². The van der Waals surface area contributed by atoms with Gasteiger partial charge in [-0.15, -0.1) is 0 Å². The normalized spacial score (nSPS) is 10.3. The number of esters is 1. The van der Waals surface area contributed by atoms with Gasteiger partial charge in [-0.25, -0.2) is 4.79 Å². The monoisotopic (exact) mass is 222 g/mol. The predicted molar refractivity (Wildman–Crippen MR) is 62.9 cm³/mol. The van der Waals surface area contributed by atoms with Crippen LogP contribution in [-0.4, -0.2) is 19.2 Å². The van der Waals surface area contributed by atoms with Crippen molar-refractivity contribution >= 4 is 5.97 Å². The number of hydrogen-bond acceptors (Lipinski definition) is 3. The van der Waals surface area contributed by atoms with Crippen molar-refractivity contribution in [2.75, 3.05) is 7.11 Å². The smallest absolute Gasteiger partial charge is 0.342 e. The second kappa shape index (κ2) is 5.54. The molecule has 1 aromatic rings. The molecule has 0 N–H and O–H groups in total. The van der Waals surface area contributed by atoms with E-state index in [0.29, 0.717) is 11.3 Å². The van der Waals surface area contributed by atoms with Crippen molar-refractivity contribution in [1.82, 2.24) is 0 Å². The van der Waals surface area contributed by atoms with Crippen LogP contribution in [0.15, 0.2) is 18.2 Å².